The minimum absolute atomic E-state index is 1.12. The van der Waals surface area contributed by atoms with Gasteiger partial charge in [-0.3, -0.25) is 0 Å². The lowest BCUT2D eigenvalue weighted by atomic mass is 10.1. The van der Waals surface area contributed by atoms with Crippen LogP contribution in [0.5, 0.6) is 0 Å². The molecule has 16 heavy (non-hydrogen) atoms. The van der Waals surface area contributed by atoms with Crippen molar-refractivity contribution in [3.05, 3.63) is 29.8 Å². The molecule has 0 saturated carbocycles. The SMILES string of the molecule is CC.CC.CC.CCc1ccc(NC)cc1. The molecule has 1 aromatic rings. The van der Waals surface area contributed by atoms with E-state index >= 15 is 0 Å². The van der Waals surface area contributed by atoms with Crippen LogP contribution in [-0.2, 0) is 6.42 Å². The quantitative estimate of drug-likeness (QED) is 0.713. The van der Waals surface area contributed by atoms with E-state index in [0.717, 1.165) is 6.42 Å². The standard InChI is InChI=1S/C9H13N.3C2H6/c1-3-8-4-6-9(10-2)7-5-8;3*1-2/h4-7,10H,3H2,1-2H3;3*1-2H3. The lowest BCUT2D eigenvalue weighted by Gasteiger charge is -1.99. The fraction of sp³-hybridized carbons (Fsp3) is 0.600. The second-order valence-electron chi connectivity index (χ2n) is 2.30. The number of aryl methyl sites for hydroxylation is 1. The summed E-state index contributed by atoms with van der Waals surface area (Å²) in [5.74, 6) is 0. The van der Waals surface area contributed by atoms with Gasteiger partial charge in [-0.2, -0.15) is 0 Å². The van der Waals surface area contributed by atoms with Crippen LogP contribution in [0.1, 0.15) is 54.0 Å². The van der Waals surface area contributed by atoms with Gasteiger partial charge in [0.15, 0.2) is 0 Å². The zero-order valence-electron chi connectivity index (χ0n) is 12.5. The Morgan fingerprint density at radius 2 is 1.19 bits per heavy atom. The van der Waals surface area contributed by atoms with Crippen molar-refractivity contribution in [2.45, 2.75) is 54.9 Å². The maximum atomic E-state index is 3.08. The molecule has 1 rings (SSSR count). The van der Waals surface area contributed by atoms with Crippen molar-refractivity contribution in [1.82, 2.24) is 0 Å². The molecule has 0 atom stereocenters. The molecule has 0 aliphatic rings. The van der Waals surface area contributed by atoms with Gasteiger partial charge >= 0.3 is 0 Å². The van der Waals surface area contributed by atoms with E-state index in [9.17, 15) is 0 Å². The van der Waals surface area contributed by atoms with Crippen LogP contribution >= 0.6 is 0 Å². The van der Waals surface area contributed by atoms with Gasteiger partial charge in [-0.1, -0.05) is 60.6 Å². The fourth-order valence-corrected chi connectivity index (χ4v) is 0.907. The van der Waals surface area contributed by atoms with E-state index in [1.807, 2.05) is 48.6 Å². The lowest BCUT2D eigenvalue weighted by Crippen LogP contribution is -1.87. The van der Waals surface area contributed by atoms with Gasteiger partial charge in [0, 0.05) is 12.7 Å². The first-order chi connectivity index (χ1) is 7.86. The number of benzene rings is 1. The summed E-state index contributed by atoms with van der Waals surface area (Å²) < 4.78 is 0. The van der Waals surface area contributed by atoms with Crippen LogP contribution in [0.15, 0.2) is 24.3 Å². The van der Waals surface area contributed by atoms with E-state index in [0.29, 0.717) is 0 Å². The topological polar surface area (TPSA) is 12.0 Å². The average molecular weight is 225 g/mol. The molecule has 1 heteroatoms. The fourth-order valence-electron chi connectivity index (χ4n) is 0.907. The van der Waals surface area contributed by atoms with Crippen LogP contribution in [-0.4, -0.2) is 7.05 Å². The number of anilines is 1. The average Bonchev–Trinajstić information content (AvgIpc) is 2.45. The third-order valence-corrected chi connectivity index (χ3v) is 1.65. The predicted octanol–water partition coefficient (Wildman–Crippen LogP) is 5.37. The molecule has 1 N–H and O–H groups in total. The summed E-state index contributed by atoms with van der Waals surface area (Å²) in [6.45, 7) is 14.2. The van der Waals surface area contributed by atoms with E-state index in [1.165, 1.54) is 11.3 Å². The summed E-state index contributed by atoms with van der Waals surface area (Å²) in [4.78, 5) is 0. The van der Waals surface area contributed by atoms with Gasteiger partial charge in [0.2, 0.25) is 0 Å². The largest absolute Gasteiger partial charge is 0.388 e. The summed E-state index contributed by atoms with van der Waals surface area (Å²) in [6, 6.07) is 8.48. The molecule has 96 valence electrons. The van der Waals surface area contributed by atoms with E-state index in [2.05, 4.69) is 36.5 Å². The molecular formula is C15H31N. The number of hydrogen-bond acceptors (Lipinski definition) is 1. The summed E-state index contributed by atoms with van der Waals surface area (Å²) in [6.07, 6.45) is 1.12. The normalized spacial score (nSPS) is 7.00. The molecule has 0 aliphatic heterocycles. The monoisotopic (exact) mass is 225 g/mol. The second-order valence-corrected chi connectivity index (χ2v) is 2.30. The van der Waals surface area contributed by atoms with Crippen molar-refractivity contribution < 1.29 is 0 Å². The van der Waals surface area contributed by atoms with Gasteiger partial charge in [-0.25, -0.2) is 0 Å². The third kappa shape index (κ3) is 11.1. The van der Waals surface area contributed by atoms with Crippen LogP contribution < -0.4 is 5.32 Å². The molecular weight excluding hydrogens is 194 g/mol. The van der Waals surface area contributed by atoms with Crippen LogP contribution in [0.2, 0.25) is 0 Å². The summed E-state index contributed by atoms with van der Waals surface area (Å²) >= 11 is 0. The molecule has 0 bridgehead atoms. The molecule has 0 fully saturated rings. The van der Waals surface area contributed by atoms with Crippen molar-refractivity contribution in [2.24, 2.45) is 0 Å². The lowest BCUT2D eigenvalue weighted by molar-refractivity contribution is 1.14. The van der Waals surface area contributed by atoms with E-state index in [-0.39, 0.29) is 0 Å². The first-order valence-corrected chi connectivity index (χ1v) is 6.63. The highest BCUT2D eigenvalue weighted by Crippen LogP contribution is 2.08. The number of rotatable bonds is 2. The Morgan fingerprint density at radius 3 is 1.44 bits per heavy atom. The molecule has 0 aliphatic carbocycles. The zero-order valence-corrected chi connectivity index (χ0v) is 12.5. The zero-order chi connectivity index (χ0) is 13.4. The molecule has 0 radical (unpaired) electrons. The maximum absolute atomic E-state index is 3.08. The minimum atomic E-state index is 1.12. The Kier molecular flexibility index (Phi) is 25.0. The number of nitrogens with one attached hydrogen (secondary N) is 1. The Hall–Kier alpha value is -0.980. The van der Waals surface area contributed by atoms with Crippen LogP contribution in [0, 0.1) is 0 Å². The Morgan fingerprint density at radius 1 is 0.812 bits per heavy atom. The van der Waals surface area contributed by atoms with Gasteiger partial charge in [0.1, 0.15) is 0 Å². The van der Waals surface area contributed by atoms with Gasteiger partial charge in [0.05, 0.1) is 0 Å². The maximum Gasteiger partial charge on any atom is 0.0337 e. The van der Waals surface area contributed by atoms with Gasteiger partial charge in [-0.15, -0.1) is 0 Å². The number of hydrogen-bond donors (Lipinski definition) is 1. The van der Waals surface area contributed by atoms with Gasteiger partial charge in [-0.05, 0) is 24.1 Å². The van der Waals surface area contributed by atoms with Crippen LogP contribution in [0.4, 0.5) is 5.69 Å². The van der Waals surface area contributed by atoms with E-state index < -0.39 is 0 Å². The van der Waals surface area contributed by atoms with Crippen molar-refractivity contribution in [3.8, 4) is 0 Å². The van der Waals surface area contributed by atoms with Gasteiger partial charge < -0.3 is 5.32 Å². The molecule has 0 amide bonds. The Balaban J connectivity index is -0.000000245. The molecule has 1 aromatic carbocycles. The van der Waals surface area contributed by atoms with Crippen molar-refractivity contribution in [3.63, 3.8) is 0 Å². The smallest absolute Gasteiger partial charge is 0.0337 e. The molecule has 0 unspecified atom stereocenters. The highest BCUT2D eigenvalue weighted by atomic mass is 14.8. The van der Waals surface area contributed by atoms with E-state index in [1.54, 1.807) is 0 Å². The Labute approximate surface area is 103 Å². The predicted molar refractivity (Wildman–Crippen MR) is 79.4 cm³/mol. The highest BCUT2D eigenvalue weighted by Gasteiger charge is 1.87. The summed E-state index contributed by atoms with van der Waals surface area (Å²) in [5.41, 5.74) is 2.57. The van der Waals surface area contributed by atoms with Crippen molar-refractivity contribution in [1.29, 1.82) is 0 Å². The Bertz CT molecular complexity index is 166. The summed E-state index contributed by atoms with van der Waals surface area (Å²) in [7, 11) is 1.93. The van der Waals surface area contributed by atoms with Crippen molar-refractivity contribution in [2.75, 3.05) is 12.4 Å². The second kappa shape index (κ2) is 19.6. The van der Waals surface area contributed by atoms with Gasteiger partial charge in [0.25, 0.3) is 0 Å². The molecule has 0 saturated heterocycles. The molecule has 0 heterocycles. The molecule has 0 spiro atoms. The minimum Gasteiger partial charge on any atom is -0.388 e. The summed E-state index contributed by atoms with van der Waals surface area (Å²) in [5, 5.41) is 3.08. The molecule has 1 nitrogen and oxygen atoms in total. The van der Waals surface area contributed by atoms with Crippen molar-refractivity contribution >= 4 is 5.69 Å². The highest BCUT2D eigenvalue weighted by molar-refractivity contribution is 5.43. The van der Waals surface area contributed by atoms with Crippen LogP contribution in [0.25, 0.3) is 0 Å². The first-order valence-electron chi connectivity index (χ1n) is 6.63. The third-order valence-electron chi connectivity index (χ3n) is 1.65. The molecule has 0 aromatic heterocycles. The van der Waals surface area contributed by atoms with E-state index in [4.69, 9.17) is 0 Å². The van der Waals surface area contributed by atoms with Crippen LogP contribution in [0.3, 0.4) is 0 Å². The first kappa shape index (κ1) is 20.4.